The molecule has 170 valence electrons. The van der Waals surface area contributed by atoms with Gasteiger partial charge in [0.15, 0.2) is 0 Å². The summed E-state index contributed by atoms with van der Waals surface area (Å²) in [5, 5.41) is 6.23. The Bertz CT molecular complexity index is 1240. The van der Waals surface area contributed by atoms with Gasteiger partial charge in [-0.25, -0.2) is 9.80 Å². The molecule has 0 aromatic heterocycles. The number of amides is 2. The van der Waals surface area contributed by atoms with Crippen LogP contribution in [0, 0.1) is 0 Å². The molecule has 1 fully saturated rings. The summed E-state index contributed by atoms with van der Waals surface area (Å²) in [6.45, 7) is 0. The van der Waals surface area contributed by atoms with E-state index in [1.165, 1.54) is 18.3 Å². The molecule has 5 rings (SSSR count). The van der Waals surface area contributed by atoms with Gasteiger partial charge in [0.25, 0.3) is 11.8 Å². The number of rotatable bonds is 5. The first-order valence-corrected chi connectivity index (χ1v) is 11.0. The maximum atomic E-state index is 13.6. The highest BCUT2D eigenvalue weighted by molar-refractivity contribution is 5.99. The summed E-state index contributed by atoms with van der Waals surface area (Å²) in [5.74, 6) is -1.17. The molecular weight excluding hydrogens is 430 g/mol. The van der Waals surface area contributed by atoms with Crippen LogP contribution in [0.1, 0.15) is 33.6 Å². The Morgan fingerprint density at radius 1 is 0.824 bits per heavy atom. The van der Waals surface area contributed by atoms with Gasteiger partial charge in [-0.2, -0.15) is 5.01 Å². The van der Waals surface area contributed by atoms with Crippen molar-refractivity contribution >= 4 is 17.8 Å². The van der Waals surface area contributed by atoms with E-state index in [4.69, 9.17) is 4.74 Å². The number of fused-ring (bicyclic) bond motifs is 1. The monoisotopic (exact) mass is 453 g/mol. The van der Waals surface area contributed by atoms with Crippen LogP contribution in [0.15, 0.2) is 103 Å². The number of carbonyl (C=O) groups excluding carboxylic acids is 3. The molecule has 7 nitrogen and oxygen atoms in total. The van der Waals surface area contributed by atoms with E-state index in [1.807, 2.05) is 71.7 Å². The van der Waals surface area contributed by atoms with Gasteiger partial charge in [0.2, 0.25) is 0 Å². The van der Waals surface area contributed by atoms with E-state index < -0.39 is 24.1 Å². The van der Waals surface area contributed by atoms with Gasteiger partial charge in [0, 0.05) is 11.8 Å². The first-order chi connectivity index (χ1) is 16.6. The van der Waals surface area contributed by atoms with Crippen LogP contribution < -0.4 is 5.32 Å². The predicted molar refractivity (Wildman–Crippen MR) is 125 cm³/mol. The molecule has 0 saturated carbocycles. The molecule has 34 heavy (non-hydrogen) atoms. The summed E-state index contributed by atoms with van der Waals surface area (Å²) < 4.78 is 5.03. The average molecular weight is 453 g/mol. The smallest absolute Gasteiger partial charge is 0.337 e. The van der Waals surface area contributed by atoms with E-state index >= 15 is 0 Å². The summed E-state index contributed by atoms with van der Waals surface area (Å²) >= 11 is 0. The molecule has 3 aromatic carbocycles. The molecule has 1 saturated heterocycles. The average Bonchev–Trinajstić information content (AvgIpc) is 3.40. The molecule has 2 aliphatic rings. The van der Waals surface area contributed by atoms with Gasteiger partial charge in [-0.15, -0.1) is 0 Å². The third kappa shape index (κ3) is 3.66. The number of benzene rings is 3. The fraction of sp³-hybridized carbons (Fsp3) is 0.148. The van der Waals surface area contributed by atoms with Gasteiger partial charge in [-0.05, 0) is 23.3 Å². The highest BCUT2D eigenvalue weighted by Crippen LogP contribution is 2.47. The summed E-state index contributed by atoms with van der Waals surface area (Å²) in [5.41, 5.74) is 2.51. The number of hydrogen-bond donors (Lipinski definition) is 1. The molecule has 0 aliphatic carbocycles. The minimum absolute atomic E-state index is 0.321. The molecule has 3 atom stereocenters. The number of hydrazine groups is 1. The third-order valence-electron chi connectivity index (χ3n) is 6.16. The van der Waals surface area contributed by atoms with Gasteiger partial charge in [-0.1, -0.05) is 78.9 Å². The lowest BCUT2D eigenvalue weighted by Crippen LogP contribution is -2.43. The van der Waals surface area contributed by atoms with E-state index in [-0.39, 0.29) is 11.8 Å². The molecule has 1 N–H and O–H groups in total. The Hall–Kier alpha value is -4.23. The number of ether oxygens (including phenoxy) is 1. The highest BCUT2D eigenvalue weighted by atomic mass is 16.5. The number of methoxy groups -OCH3 is 1. The normalized spacial score (nSPS) is 21.7. The second kappa shape index (κ2) is 8.96. The predicted octanol–water partition coefficient (Wildman–Crippen LogP) is 3.40. The van der Waals surface area contributed by atoms with Gasteiger partial charge in [0.05, 0.1) is 24.8 Å². The van der Waals surface area contributed by atoms with Crippen LogP contribution in [-0.4, -0.2) is 41.0 Å². The Balaban J connectivity index is 1.60. The molecule has 2 heterocycles. The van der Waals surface area contributed by atoms with Gasteiger partial charge in [0.1, 0.15) is 6.04 Å². The number of esters is 1. The van der Waals surface area contributed by atoms with Gasteiger partial charge < -0.3 is 10.1 Å². The van der Waals surface area contributed by atoms with Gasteiger partial charge in [-0.3, -0.25) is 9.59 Å². The zero-order valence-corrected chi connectivity index (χ0v) is 18.5. The molecule has 0 radical (unpaired) electrons. The van der Waals surface area contributed by atoms with Crippen molar-refractivity contribution in [3.8, 4) is 0 Å². The second-order valence-electron chi connectivity index (χ2n) is 8.12. The standard InChI is InChI=1S/C27H23N3O4/c1-34-27(33)21-17-29-26(32)22(28-25(31)20-15-9-4-10-16-20)24(19-13-7-3-8-14-19)30(29)23(21)18-11-5-2-6-12-18/h2-17,22-24H,1H3,(H,28,31)/t22-,23+,24-/m0/s1. The first-order valence-electron chi connectivity index (χ1n) is 11.0. The number of hydrogen-bond acceptors (Lipinski definition) is 5. The van der Waals surface area contributed by atoms with Crippen molar-refractivity contribution in [3.63, 3.8) is 0 Å². The first kappa shape index (κ1) is 21.6. The lowest BCUT2D eigenvalue weighted by Gasteiger charge is -2.33. The van der Waals surface area contributed by atoms with Crippen LogP contribution in [0.3, 0.4) is 0 Å². The highest BCUT2D eigenvalue weighted by Gasteiger charge is 2.55. The third-order valence-corrected chi connectivity index (χ3v) is 6.16. The van der Waals surface area contributed by atoms with E-state index in [0.29, 0.717) is 11.1 Å². The van der Waals surface area contributed by atoms with Crippen LogP contribution in [0.25, 0.3) is 0 Å². The fourth-order valence-corrected chi connectivity index (χ4v) is 4.64. The number of nitrogens with one attached hydrogen (secondary N) is 1. The van der Waals surface area contributed by atoms with E-state index in [9.17, 15) is 14.4 Å². The molecular formula is C27H23N3O4. The lowest BCUT2D eigenvalue weighted by atomic mass is 9.93. The van der Waals surface area contributed by atoms with E-state index in [0.717, 1.165) is 11.1 Å². The van der Waals surface area contributed by atoms with Crippen LogP contribution in [-0.2, 0) is 14.3 Å². The van der Waals surface area contributed by atoms with Crippen molar-refractivity contribution in [3.05, 3.63) is 119 Å². The van der Waals surface area contributed by atoms with E-state index in [1.54, 1.807) is 24.3 Å². The second-order valence-corrected chi connectivity index (χ2v) is 8.12. The summed E-state index contributed by atoms with van der Waals surface area (Å²) in [6.07, 6.45) is 1.52. The largest absolute Gasteiger partial charge is 0.466 e. The van der Waals surface area contributed by atoms with Crippen molar-refractivity contribution in [2.24, 2.45) is 0 Å². The zero-order valence-electron chi connectivity index (χ0n) is 18.5. The quantitative estimate of drug-likeness (QED) is 0.599. The molecule has 0 bridgehead atoms. The van der Waals surface area contributed by atoms with Crippen molar-refractivity contribution in [1.82, 2.24) is 15.3 Å². The van der Waals surface area contributed by atoms with Crippen LogP contribution >= 0.6 is 0 Å². The van der Waals surface area contributed by atoms with Gasteiger partial charge >= 0.3 is 5.97 Å². The maximum absolute atomic E-state index is 13.6. The number of nitrogens with zero attached hydrogens (tertiary/aromatic N) is 2. The van der Waals surface area contributed by atoms with Crippen LogP contribution in [0.2, 0.25) is 0 Å². The van der Waals surface area contributed by atoms with Crippen LogP contribution in [0.4, 0.5) is 0 Å². The Kier molecular flexibility index (Phi) is 5.69. The minimum atomic E-state index is -0.850. The summed E-state index contributed by atoms with van der Waals surface area (Å²) in [4.78, 5) is 39.4. The molecule has 3 aromatic rings. The zero-order chi connectivity index (χ0) is 23.7. The van der Waals surface area contributed by atoms with Crippen molar-refractivity contribution < 1.29 is 19.1 Å². The molecule has 0 spiro atoms. The Morgan fingerprint density at radius 3 is 1.97 bits per heavy atom. The lowest BCUT2D eigenvalue weighted by molar-refractivity contribution is -0.138. The van der Waals surface area contributed by atoms with Crippen molar-refractivity contribution in [1.29, 1.82) is 0 Å². The van der Waals surface area contributed by atoms with Crippen molar-refractivity contribution in [2.45, 2.75) is 18.1 Å². The minimum Gasteiger partial charge on any atom is -0.466 e. The number of carbonyl (C=O) groups is 3. The molecule has 2 aliphatic heterocycles. The Morgan fingerprint density at radius 2 is 1.38 bits per heavy atom. The fourth-order valence-electron chi connectivity index (χ4n) is 4.64. The Labute approximate surface area is 197 Å². The summed E-state index contributed by atoms with van der Waals surface area (Å²) in [6, 6.07) is 25.8. The van der Waals surface area contributed by atoms with Crippen molar-refractivity contribution in [2.75, 3.05) is 7.11 Å². The molecule has 0 unspecified atom stereocenters. The topological polar surface area (TPSA) is 79.0 Å². The SMILES string of the molecule is COC(=O)C1=CN2C(=O)[C@@H](NC(=O)c3ccccc3)[C@H](c3ccccc3)N2[C@@H]1c1ccccc1. The maximum Gasteiger partial charge on any atom is 0.337 e. The molecule has 7 heteroatoms. The summed E-state index contributed by atoms with van der Waals surface area (Å²) in [7, 11) is 1.32. The van der Waals surface area contributed by atoms with E-state index in [2.05, 4.69) is 5.32 Å². The molecule has 2 amide bonds. The van der Waals surface area contributed by atoms with Crippen LogP contribution in [0.5, 0.6) is 0 Å².